The molecule has 4 rings (SSSR count). The molecule has 0 aromatic heterocycles. The summed E-state index contributed by atoms with van der Waals surface area (Å²) in [7, 11) is 0. The van der Waals surface area contributed by atoms with Crippen molar-refractivity contribution in [3.05, 3.63) is 65.7 Å². The average Bonchev–Trinajstić information content (AvgIpc) is 3.29. The molecule has 1 heterocycles. The fraction of sp³-hybridized carbons (Fsp3) is 0.458. The largest absolute Gasteiger partial charge is 0.508 e. The molecule has 5 heteroatoms. The molecule has 1 saturated heterocycles. The Morgan fingerprint density at radius 2 is 1.66 bits per heavy atom. The van der Waals surface area contributed by atoms with Gasteiger partial charge >= 0.3 is 0 Å². The second kappa shape index (κ2) is 8.56. The Balaban J connectivity index is 1.45. The highest BCUT2D eigenvalue weighted by molar-refractivity contribution is 5.87. The molecule has 1 amide bonds. The van der Waals surface area contributed by atoms with Crippen LogP contribution >= 0.6 is 0 Å². The number of piperazine rings is 1. The Morgan fingerprint density at radius 3 is 2.31 bits per heavy atom. The molecule has 0 spiro atoms. The van der Waals surface area contributed by atoms with Gasteiger partial charge in [0, 0.05) is 38.6 Å². The summed E-state index contributed by atoms with van der Waals surface area (Å²) in [6.45, 7) is 3.49. The number of hydrogen-bond acceptors (Lipinski definition) is 4. The molecule has 1 atom stereocenters. The molecular weight excluding hydrogens is 364 g/mol. The summed E-state index contributed by atoms with van der Waals surface area (Å²) in [6.07, 6.45) is 3.94. The number of amides is 1. The Morgan fingerprint density at radius 1 is 0.966 bits per heavy atom. The lowest BCUT2D eigenvalue weighted by Gasteiger charge is -2.41. The molecule has 5 nitrogen and oxygen atoms in total. The first kappa shape index (κ1) is 19.9. The van der Waals surface area contributed by atoms with Crippen molar-refractivity contribution in [2.45, 2.75) is 37.8 Å². The van der Waals surface area contributed by atoms with Gasteiger partial charge < -0.3 is 15.1 Å². The quantitative estimate of drug-likeness (QED) is 0.818. The number of benzene rings is 2. The van der Waals surface area contributed by atoms with E-state index in [4.69, 9.17) is 0 Å². The molecule has 1 aliphatic heterocycles. The molecule has 1 aliphatic carbocycles. The molecule has 29 heavy (non-hydrogen) atoms. The minimum atomic E-state index is -1.43. The Bertz CT molecular complexity index is 827. The van der Waals surface area contributed by atoms with Gasteiger partial charge in [0.15, 0.2) is 5.60 Å². The van der Waals surface area contributed by atoms with Crippen LogP contribution in [0.1, 0.15) is 36.8 Å². The van der Waals surface area contributed by atoms with Crippen molar-refractivity contribution >= 4 is 5.91 Å². The van der Waals surface area contributed by atoms with E-state index in [0.29, 0.717) is 13.1 Å². The van der Waals surface area contributed by atoms with Crippen LogP contribution < -0.4 is 0 Å². The van der Waals surface area contributed by atoms with Crippen LogP contribution in [0.4, 0.5) is 0 Å². The van der Waals surface area contributed by atoms with Crippen LogP contribution in [0, 0.1) is 5.92 Å². The van der Waals surface area contributed by atoms with E-state index in [1.54, 1.807) is 12.1 Å². The molecule has 0 unspecified atom stereocenters. The minimum absolute atomic E-state index is 0.0114. The Hall–Kier alpha value is -2.37. The normalized spacial score (nSPS) is 20.5. The first-order valence-corrected chi connectivity index (χ1v) is 10.6. The molecule has 2 aromatic rings. The van der Waals surface area contributed by atoms with Gasteiger partial charge in [-0.1, -0.05) is 55.3 Å². The molecular formula is C24H30N2O3. The van der Waals surface area contributed by atoms with Crippen LogP contribution in [0.25, 0.3) is 0 Å². The van der Waals surface area contributed by atoms with Gasteiger partial charge in [0.25, 0.3) is 5.91 Å². The Kier molecular flexibility index (Phi) is 5.88. The van der Waals surface area contributed by atoms with Crippen molar-refractivity contribution in [2.24, 2.45) is 5.92 Å². The summed E-state index contributed by atoms with van der Waals surface area (Å²) in [5.41, 5.74) is 0.362. The number of hydrogen-bond donors (Lipinski definition) is 2. The van der Waals surface area contributed by atoms with E-state index in [0.717, 1.165) is 56.4 Å². The molecule has 2 aromatic carbocycles. The lowest BCUT2D eigenvalue weighted by atomic mass is 9.79. The van der Waals surface area contributed by atoms with Gasteiger partial charge in [0.2, 0.25) is 0 Å². The van der Waals surface area contributed by atoms with Gasteiger partial charge in [0.05, 0.1) is 0 Å². The third-order valence-corrected chi connectivity index (χ3v) is 6.46. The smallest absolute Gasteiger partial charge is 0.259 e. The van der Waals surface area contributed by atoms with E-state index in [2.05, 4.69) is 4.90 Å². The number of carbonyl (C=O) groups excluding carboxylic acids is 1. The fourth-order valence-electron chi connectivity index (χ4n) is 4.83. The zero-order valence-electron chi connectivity index (χ0n) is 16.8. The zero-order valence-corrected chi connectivity index (χ0v) is 16.8. The fourth-order valence-corrected chi connectivity index (χ4v) is 4.83. The third kappa shape index (κ3) is 4.16. The molecule has 154 valence electrons. The molecule has 0 radical (unpaired) electrons. The SMILES string of the molecule is O=C(N1CCN(Cc2cccc(O)c2)CC1)[C@](O)(c1ccccc1)C1CCCC1. The van der Waals surface area contributed by atoms with Crippen LogP contribution in [-0.4, -0.2) is 52.1 Å². The first-order chi connectivity index (χ1) is 14.1. The van der Waals surface area contributed by atoms with Crippen molar-refractivity contribution in [3.8, 4) is 5.75 Å². The second-order valence-corrected chi connectivity index (χ2v) is 8.35. The molecule has 2 fully saturated rings. The molecule has 0 bridgehead atoms. The maximum Gasteiger partial charge on any atom is 0.259 e. The second-order valence-electron chi connectivity index (χ2n) is 8.35. The van der Waals surface area contributed by atoms with Gasteiger partial charge in [-0.05, 0) is 36.1 Å². The predicted molar refractivity (Wildman–Crippen MR) is 112 cm³/mol. The summed E-state index contributed by atoms with van der Waals surface area (Å²) < 4.78 is 0. The van der Waals surface area contributed by atoms with Crippen LogP contribution in [0.15, 0.2) is 54.6 Å². The monoisotopic (exact) mass is 394 g/mol. The number of phenols is 1. The number of carbonyl (C=O) groups is 1. The molecule has 2 N–H and O–H groups in total. The summed E-state index contributed by atoms with van der Waals surface area (Å²) in [4.78, 5) is 17.7. The average molecular weight is 395 g/mol. The summed E-state index contributed by atoms with van der Waals surface area (Å²) in [5.74, 6) is 0.121. The van der Waals surface area contributed by atoms with Gasteiger partial charge in [0.1, 0.15) is 5.75 Å². The van der Waals surface area contributed by atoms with Crippen molar-refractivity contribution in [1.82, 2.24) is 9.80 Å². The number of aromatic hydroxyl groups is 1. The van der Waals surface area contributed by atoms with Gasteiger partial charge in [-0.15, -0.1) is 0 Å². The maximum atomic E-state index is 13.5. The first-order valence-electron chi connectivity index (χ1n) is 10.6. The van der Waals surface area contributed by atoms with Crippen LogP contribution in [-0.2, 0) is 16.9 Å². The Labute approximate surface area is 172 Å². The topological polar surface area (TPSA) is 64.0 Å². The lowest BCUT2D eigenvalue weighted by Crippen LogP contribution is -2.56. The van der Waals surface area contributed by atoms with Gasteiger partial charge in [-0.25, -0.2) is 0 Å². The van der Waals surface area contributed by atoms with E-state index < -0.39 is 5.60 Å². The number of rotatable bonds is 5. The molecule has 1 saturated carbocycles. The maximum absolute atomic E-state index is 13.5. The van der Waals surface area contributed by atoms with Crippen molar-refractivity contribution in [2.75, 3.05) is 26.2 Å². The molecule has 2 aliphatic rings. The highest BCUT2D eigenvalue weighted by atomic mass is 16.3. The minimum Gasteiger partial charge on any atom is -0.508 e. The summed E-state index contributed by atoms with van der Waals surface area (Å²) >= 11 is 0. The van der Waals surface area contributed by atoms with E-state index in [1.165, 1.54) is 0 Å². The summed E-state index contributed by atoms with van der Waals surface area (Å²) in [6, 6.07) is 16.8. The lowest BCUT2D eigenvalue weighted by molar-refractivity contribution is -0.161. The standard InChI is InChI=1S/C24H30N2O3/c27-22-12-6-7-19(17-22)18-25-13-15-26(16-14-25)23(28)24(29,21-10-4-5-11-21)20-8-2-1-3-9-20/h1-3,6-9,12,17,21,27,29H,4-5,10-11,13-16,18H2/t24-/m0/s1. The van der Waals surface area contributed by atoms with E-state index in [9.17, 15) is 15.0 Å². The van der Waals surface area contributed by atoms with E-state index >= 15 is 0 Å². The van der Waals surface area contributed by atoms with Crippen molar-refractivity contribution < 1.29 is 15.0 Å². The van der Waals surface area contributed by atoms with E-state index in [1.807, 2.05) is 47.4 Å². The highest BCUT2D eigenvalue weighted by Gasteiger charge is 2.48. The number of phenolic OH excluding ortho intramolecular Hbond substituents is 1. The summed E-state index contributed by atoms with van der Waals surface area (Å²) in [5, 5.41) is 21.4. The third-order valence-electron chi connectivity index (χ3n) is 6.46. The zero-order chi connectivity index (χ0) is 20.3. The van der Waals surface area contributed by atoms with Crippen molar-refractivity contribution in [3.63, 3.8) is 0 Å². The van der Waals surface area contributed by atoms with Crippen molar-refractivity contribution in [1.29, 1.82) is 0 Å². The van der Waals surface area contributed by atoms with Gasteiger partial charge in [-0.3, -0.25) is 9.69 Å². The number of aliphatic hydroxyl groups is 1. The van der Waals surface area contributed by atoms with Crippen LogP contribution in [0.3, 0.4) is 0 Å². The van der Waals surface area contributed by atoms with Gasteiger partial charge in [-0.2, -0.15) is 0 Å². The van der Waals surface area contributed by atoms with E-state index in [-0.39, 0.29) is 17.6 Å². The number of nitrogens with zero attached hydrogens (tertiary/aromatic N) is 2. The highest BCUT2D eigenvalue weighted by Crippen LogP contribution is 2.42. The van der Waals surface area contributed by atoms with Crippen LogP contribution in [0.2, 0.25) is 0 Å². The van der Waals surface area contributed by atoms with Crippen LogP contribution in [0.5, 0.6) is 5.75 Å². The predicted octanol–water partition coefficient (Wildman–Crippen LogP) is 3.11.